The lowest BCUT2D eigenvalue weighted by atomic mass is 10.1. The Bertz CT molecular complexity index is 692. The highest BCUT2D eigenvalue weighted by Crippen LogP contribution is 2.29. The van der Waals surface area contributed by atoms with Gasteiger partial charge in [0.15, 0.2) is 11.5 Å². The molecule has 2 aromatic rings. The van der Waals surface area contributed by atoms with Gasteiger partial charge in [-0.3, -0.25) is 4.79 Å². The van der Waals surface area contributed by atoms with Crippen LogP contribution in [0.5, 0.6) is 11.5 Å². The van der Waals surface area contributed by atoms with Gasteiger partial charge >= 0.3 is 5.97 Å². The van der Waals surface area contributed by atoms with Gasteiger partial charge in [0, 0.05) is 6.42 Å². The van der Waals surface area contributed by atoms with E-state index in [2.05, 4.69) is 32.0 Å². The zero-order valence-electron chi connectivity index (χ0n) is 13.8. The standard InChI is InChI=1S/C19H22O4/c1-13-4-5-14(2)16(10-13)12-23-17-8-6-15(7-9-19(20)21)11-18(17)22-3/h4-6,8,10-11H,7,9,12H2,1-3H3,(H,20,21). The van der Waals surface area contributed by atoms with Crippen LogP contribution in [0.15, 0.2) is 36.4 Å². The predicted octanol–water partition coefficient (Wildman–Crippen LogP) is 3.91. The van der Waals surface area contributed by atoms with E-state index in [4.69, 9.17) is 14.6 Å². The molecule has 0 saturated carbocycles. The molecule has 0 unspecified atom stereocenters. The summed E-state index contributed by atoms with van der Waals surface area (Å²) in [6.45, 7) is 4.59. The Morgan fingerprint density at radius 3 is 2.57 bits per heavy atom. The average molecular weight is 314 g/mol. The van der Waals surface area contributed by atoms with Crippen LogP contribution in [0.25, 0.3) is 0 Å². The zero-order valence-corrected chi connectivity index (χ0v) is 13.8. The first-order valence-corrected chi connectivity index (χ1v) is 7.57. The zero-order chi connectivity index (χ0) is 16.8. The molecule has 0 fully saturated rings. The van der Waals surface area contributed by atoms with Gasteiger partial charge in [-0.05, 0) is 49.1 Å². The number of aryl methyl sites for hydroxylation is 3. The number of carboxylic acids is 1. The predicted molar refractivity (Wildman–Crippen MR) is 89.2 cm³/mol. The van der Waals surface area contributed by atoms with Crippen LogP contribution in [-0.4, -0.2) is 18.2 Å². The molecule has 0 aliphatic carbocycles. The molecule has 0 heterocycles. The van der Waals surface area contributed by atoms with Gasteiger partial charge in [-0.25, -0.2) is 0 Å². The third-order valence-electron chi connectivity index (χ3n) is 3.74. The Balaban J connectivity index is 2.10. The van der Waals surface area contributed by atoms with E-state index < -0.39 is 5.97 Å². The summed E-state index contributed by atoms with van der Waals surface area (Å²) in [6.07, 6.45) is 0.578. The van der Waals surface area contributed by atoms with E-state index in [0.717, 1.165) is 11.1 Å². The van der Waals surface area contributed by atoms with Crippen molar-refractivity contribution in [1.29, 1.82) is 0 Å². The van der Waals surface area contributed by atoms with E-state index in [0.29, 0.717) is 24.5 Å². The van der Waals surface area contributed by atoms with Crippen LogP contribution in [0.2, 0.25) is 0 Å². The fourth-order valence-corrected chi connectivity index (χ4v) is 2.35. The van der Waals surface area contributed by atoms with Crippen molar-refractivity contribution in [3.63, 3.8) is 0 Å². The number of aliphatic carboxylic acids is 1. The SMILES string of the molecule is COc1cc(CCC(=O)O)ccc1OCc1cc(C)ccc1C. The molecule has 0 spiro atoms. The maximum Gasteiger partial charge on any atom is 0.303 e. The normalized spacial score (nSPS) is 10.4. The Morgan fingerprint density at radius 2 is 1.87 bits per heavy atom. The third kappa shape index (κ3) is 4.74. The molecule has 2 aromatic carbocycles. The van der Waals surface area contributed by atoms with Crippen molar-refractivity contribution in [2.75, 3.05) is 7.11 Å². The summed E-state index contributed by atoms with van der Waals surface area (Å²) in [4.78, 5) is 10.7. The molecule has 0 aliphatic rings. The number of rotatable bonds is 7. The molecular weight excluding hydrogens is 292 g/mol. The second-order valence-electron chi connectivity index (χ2n) is 5.60. The molecule has 0 saturated heterocycles. The minimum absolute atomic E-state index is 0.103. The highest BCUT2D eigenvalue weighted by molar-refractivity contribution is 5.67. The van der Waals surface area contributed by atoms with Crippen molar-refractivity contribution < 1.29 is 19.4 Å². The lowest BCUT2D eigenvalue weighted by molar-refractivity contribution is -0.136. The molecule has 122 valence electrons. The first-order chi connectivity index (χ1) is 11.0. The summed E-state index contributed by atoms with van der Waals surface area (Å²) in [5, 5.41) is 8.76. The molecule has 0 aromatic heterocycles. The van der Waals surface area contributed by atoms with Gasteiger partial charge < -0.3 is 14.6 Å². The summed E-state index contributed by atoms with van der Waals surface area (Å²) in [7, 11) is 1.58. The number of methoxy groups -OCH3 is 1. The van der Waals surface area contributed by atoms with Crippen LogP contribution in [0.1, 0.15) is 28.7 Å². The number of ether oxygens (including phenoxy) is 2. The Kier molecular flexibility index (Phi) is 5.63. The van der Waals surface area contributed by atoms with E-state index >= 15 is 0 Å². The largest absolute Gasteiger partial charge is 0.493 e. The highest BCUT2D eigenvalue weighted by Gasteiger charge is 2.08. The maximum absolute atomic E-state index is 10.7. The van der Waals surface area contributed by atoms with Gasteiger partial charge in [0.1, 0.15) is 6.61 Å². The Labute approximate surface area is 136 Å². The van der Waals surface area contributed by atoms with E-state index in [1.54, 1.807) is 7.11 Å². The number of hydrogen-bond acceptors (Lipinski definition) is 3. The molecule has 2 rings (SSSR count). The van der Waals surface area contributed by atoms with Crippen LogP contribution in [0, 0.1) is 13.8 Å². The summed E-state index contributed by atoms with van der Waals surface area (Å²) in [6, 6.07) is 11.8. The number of benzene rings is 2. The highest BCUT2D eigenvalue weighted by atomic mass is 16.5. The summed E-state index contributed by atoms with van der Waals surface area (Å²) >= 11 is 0. The quantitative estimate of drug-likeness (QED) is 0.842. The van der Waals surface area contributed by atoms with Crippen molar-refractivity contribution in [2.24, 2.45) is 0 Å². The smallest absolute Gasteiger partial charge is 0.303 e. The van der Waals surface area contributed by atoms with Gasteiger partial charge in [-0.1, -0.05) is 29.8 Å². The Morgan fingerprint density at radius 1 is 1.09 bits per heavy atom. The molecule has 0 atom stereocenters. The summed E-state index contributed by atoms with van der Waals surface area (Å²) in [5.74, 6) is 0.477. The van der Waals surface area contributed by atoms with Crippen molar-refractivity contribution in [3.8, 4) is 11.5 Å². The topological polar surface area (TPSA) is 55.8 Å². The van der Waals surface area contributed by atoms with Gasteiger partial charge in [0.2, 0.25) is 0 Å². The molecule has 23 heavy (non-hydrogen) atoms. The summed E-state index contributed by atoms with van der Waals surface area (Å²) < 4.78 is 11.3. The van der Waals surface area contributed by atoms with Crippen molar-refractivity contribution in [2.45, 2.75) is 33.3 Å². The van der Waals surface area contributed by atoms with Crippen molar-refractivity contribution in [3.05, 3.63) is 58.7 Å². The lowest BCUT2D eigenvalue weighted by Gasteiger charge is -2.13. The molecule has 0 bridgehead atoms. The number of hydrogen-bond donors (Lipinski definition) is 1. The number of carbonyl (C=O) groups is 1. The molecule has 4 heteroatoms. The van der Waals surface area contributed by atoms with Crippen LogP contribution >= 0.6 is 0 Å². The van der Waals surface area contributed by atoms with Gasteiger partial charge in [-0.15, -0.1) is 0 Å². The van der Waals surface area contributed by atoms with Crippen LogP contribution in [0.3, 0.4) is 0 Å². The summed E-state index contributed by atoms with van der Waals surface area (Å²) in [5.41, 5.74) is 4.45. The minimum atomic E-state index is -0.806. The fourth-order valence-electron chi connectivity index (χ4n) is 2.35. The van der Waals surface area contributed by atoms with Crippen molar-refractivity contribution >= 4 is 5.97 Å². The second-order valence-corrected chi connectivity index (χ2v) is 5.60. The van der Waals surface area contributed by atoms with Crippen molar-refractivity contribution in [1.82, 2.24) is 0 Å². The maximum atomic E-state index is 10.7. The van der Waals surface area contributed by atoms with E-state index in [9.17, 15) is 4.79 Å². The minimum Gasteiger partial charge on any atom is -0.493 e. The van der Waals surface area contributed by atoms with Gasteiger partial charge in [0.05, 0.1) is 7.11 Å². The van der Waals surface area contributed by atoms with E-state index in [-0.39, 0.29) is 6.42 Å². The van der Waals surface area contributed by atoms with E-state index in [1.807, 2.05) is 18.2 Å². The first kappa shape index (κ1) is 16.9. The van der Waals surface area contributed by atoms with E-state index in [1.165, 1.54) is 11.1 Å². The second kappa shape index (κ2) is 7.68. The average Bonchev–Trinajstić information content (AvgIpc) is 2.54. The number of carboxylic acid groups (broad SMARTS) is 1. The fraction of sp³-hybridized carbons (Fsp3) is 0.316. The molecular formula is C19H22O4. The van der Waals surface area contributed by atoms with Crippen LogP contribution in [-0.2, 0) is 17.8 Å². The Hall–Kier alpha value is -2.49. The molecule has 4 nitrogen and oxygen atoms in total. The molecule has 0 radical (unpaired) electrons. The molecule has 0 amide bonds. The van der Waals surface area contributed by atoms with Crippen LogP contribution in [0.4, 0.5) is 0 Å². The van der Waals surface area contributed by atoms with Gasteiger partial charge in [0.25, 0.3) is 0 Å². The first-order valence-electron chi connectivity index (χ1n) is 7.57. The molecule has 0 aliphatic heterocycles. The van der Waals surface area contributed by atoms with Crippen LogP contribution < -0.4 is 9.47 Å². The monoisotopic (exact) mass is 314 g/mol. The third-order valence-corrected chi connectivity index (χ3v) is 3.74. The van der Waals surface area contributed by atoms with Gasteiger partial charge in [-0.2, -0.15) is 0 Å². The lowest BCUT2D eigenvalue weighted by Crippen LogP contribution is -2.01. The molecule has 1 N–H and O–H groups in total.